The minimum Gasteiger partial charge on any atom is -0.349 e. The molecule has 1 aliphatic heterocycles. The lowest BCUT2D eigenvalue weighted by molar-refractivity contribution is 0.479. The molecule has 1 aromatic rings. The summed E-state index contributed by atoms with van der Waals surface area (Å²) in [5, 5.41) is 3.36. The lowest BCUT2D eigenvalue weighted by Gasteiger charge is -2.32. The molecule has 0 unspecified atom stereocenters. The summed E-state index contributed by atoms with van der Waals surface area (Å²) in [6.07, 6.45) is 4.45. The quantitative estimate of drug-likeness (QED) is 0.828. The van der Waals surface area contributed by atoms with Gasteiger partial charge in [0, 0.05) is 44.6 Å². The van der Waals surface area contributed by atoms with E-state index in [0.717, 1.165) is 32.6 Å². The van der Waals surface area contributed by atoms with Crippen LogP contribution in [0.1, 0.15) is 20.3 Å². The lowest BCUT2D eigenvalue weighted by atomic mass is 10.2. The minimum atomic E-state index is 0.0310. The lowest BCUT2D eigenvalue weighted by Crippen LogP contribution is -2.51. The summed E-state index contributed by atoms with van der Waals surface area (Å²) in [5.74, 6) is 0.592. The Balaban J connectivity index is 2.25. The first-order valence-electron chi connectivity index (χ1n) is 6.26. The van der Waals surface area contributed by atoms with Gasteiger partial charge in [0.05, 0.1) is 0 Å². The van der Waals surface area contributed by atoms with Crippen molar-refractivity contribution < 1.29 is 0 Å². The Morgan fingerprint density at radius 3 is 3.12 bits per heavy atom. The van der Waals surface area contributed by atoms with Crippen molar-refractivity contribution in [1.82, 2.24) is 14.9 Å². The summed E-state index contributed by atoms with van der Waals surface area (Å²) in [4.78, 5) is 18.5. The van der Waals surface area contributed by atoms with E-state index in [1.807, 2.05) is 0 Å². The van der Waals surface area contributed by atoms with Crippen molar-refractivity contribution in [2.24, 2.45) is 0 Å². The number of aromatic nitrogens is 2. The van der Waals surface area contributed by atoms with Crippen molar-refractivity contribution in [3.05, 3.63) is 22.7 Å². The van der Waals surface area contributed by atoms with Gasteiger partial charge in [0.1, 0.15) is 0 Å². The highest BCUT2D eigenvalue weighted by atomic mass is 16.1. The van der Waals surface area contributed by atoms with Gasteiger partial charge in [-0.05, 0) is 13.3 Å². The molecule has 0 aromatic carbocycles. The molecule has 1 saturated heterocycles. The molecule has 0 amide bonds. The fourth-order valence-electron chi connectivity index (χ4n) is 2.19. The zero-order chi connectivity index (χ0) is 12.3. The smallest absolute Gasteiger partial charge is 0.293 e. The fourth-order valence-corrected chi connectivity index (χ4v) is 2.19. The summed E-state index contributed by atoms with van der Waals surface area (Å²) in [6.45, 7) is 7.56. The summed E-state index contributed by atoms with van der Waals surface area (Å²) in [6, 6.07) is 0.407. The number of hydrogen-bond acceptors (Lipinski definition) is 4. The van der Waals surface area contributed by atoms with E-state index in [4.69, 9.17) is 0 Å². The fraction of sp³-hybridized carbons (Fsp3) is 0.667. The highest BCUT2D eigenvalue weighted by Gasteiger charge is 2.19. The Bertz CT molecular complexity index is 429. The van der Waals surface area contributed by atoms with Gasteiger partial charge in [0.25, 0.3) is 5.56 Å². The van der Waals surface area contributed by atoms with Gasteiger partial charge < -0.3 is 14.8 Å². The molecular formula is C12H20N4O. The van der Waals surface area contributed by atoms with Crippen LogP contribution in [0, 0.1) is 0 Å². The van der Waals surface area contributed by atoms with Crippen molar-refractivity contribution in [2.45, 2.75) is 32.9 Å². The maximum absolute atomic E-state index is 12.2. The second kappa shape index (κ2) is 5.31. The van der Waals surface area contributed by atoms with Gasteiger partial charge in [0.15, 0.2) is 5.82 Å². The van der Waals surface area contributed by atoms with Crippen molar-refractivity contribution >= 4 is 5.82 Å². The van der Waals surface area contributed by atoms with Crippen LogP contribution in [0.3, 0.4) is 0 Å². The molecule has 0 aliphatic carbocycles. The number of nitrogens with zero attached hydrogens (tertiary/aromatic N) is 3. The zero-order valence-corrected chi connectivity index (χ0v) is 10.5. The Kier molecular flexibility index (Phi) is 3.78. The largest absolute Gasteiger partial charge is 0.349 e. The van der Waals surface area contributed by atoms with E-state index < -0.39 is 0 Å². The second-order valence-electron chi connectivity index (χ2n) is 4.55. The van der Waals surface area contributed by atoms with E-state index in [-0.39, 0.29) is 5.56 Å². The first kappa shape index (κ1) is 12.1. The van der Waals surface area contributed by atoms with Gasteiger partial charge in [-0.3, -0.25) is 4.79 Å². The molecule has 2 rings (SSSR count). The average molecular weight is 236 g/mol. The number of rotatable bonds is 3. The average Bonchev–Trinajstić information content (AvgIpc) is 2.32. The predicted molar refractivity (Wildman–Crippen MR) is 68.5 cm³/mol. The number of nitrogens with one attached hydrogen (secondary N) is 1. The highest BCUT2D eigenvalue weighted by molar-refractivity contribution is 5.36. The van der Waals surface area contributed by atoms with E-state index in [0.29, 0.717) is 11.9 Å². The van der Waals surface area contributed by atoms with E-state index in [2.05, 4.69) is 29.0 Å². The Morgan fingerprint density at radius 2 is 2.41 bits per heavy atom. The zero-order valence-electron chi connectivity index (χ0n) is 10.5. The summed E-state index contributed by atoms with van der Waals surface area (Å²) in [5.41, 5.74) is 0.0310. The third kappa shape index (κ3) is 2.66. The molecule has 0 bridgehead atoms. The molecule has 2 heterocycles. The van der Waals surface area contributed by atoms with Crippen molar-refractivity contribution in [3.63, 3.8) is 0 Å². The van der Waals surface area contributed by atoms with Crippen LogP contribution in [-0.4, -0.2) is 35.2 Å². The number of anilines is 1. The van der Waals surface area contributed by atoms with Crippen molar-refractivity contribution in [2.75, 3.05) is 24.5 Å². The molecule has 1 aliphatic rings. The third-order valence-electron chi connectivity index (χ3n) is 3.03. The van der Waals surface area contributed by atoms with Crippen LogP contribution in [0.15, 0.2) is 17.2 Å². The van der Waals surface area contributed by atoms with Gasteiger partial charge in [0.2, 0.25) is 0 Å². The van der Waals surface area contributed by atoms with Gasteiger partial charge in [-0.25, -0.2) is 4.98 Å². The Morgan fingerprint density at radius 1 is 1.59 bits per heavy atom. The van der Waals surface area contributed by atoms with Crippen LogP contribution < -0.4 is 15.8 Å². The number of piperazine rings is 1. The third-order valence-corrected chi connectivity index (χ3v) is 3.03. The molecule has 0 radical (unpaired) electrons. The van der Waals surface area contributed by atoms with Gasteiger partial charge >= 0.3 is 0 Å². The molecule has 1 fully saturated rings. The highest BCUT2D eigenvalue weighted by Crippen LogP contribution is 2.07. The molecule has 5 nitrogen and oxygen atoms in total. The molecule has 17 heavy (non-hydrogen) atoms. The van der Waals surface area contributed by atoms with Crippen molar-refractivity contribution in [3.8, 4) is 0 Å². The summed E-state index contributed by atoms with van der Waals surface area (Å²) >= 11 is 0. The van der Waals surface area contributed by atoms with Gasteiger partial charge in [-0.1, -0.05) is 6.92 Å². The van der Waals surface area contributed by atoms with E-state index >= 15 is 0 Å². The van der Waals surface area contributed by atoms with E-state index in [1.54, 1.807) is 17.0 Å². The predicted octanol–water partition coefficient (Wildman–Crippen LogP) is 0.451. The molecule has 1 atom stereocenters. The van der Waals surface area contributed by atoms with Crippen LogP contribution in [-0.2, 0) is 6.54 Å². The Labute approximate surface area is 101 Å². The topological polar surface area (TPSA) is 50.2 Å². The molecular weight excluding hydrogens is 216 g/mol. The normalized spacial score (nSPS) is 20.6. The van der Waals surface area contributed by atoms with E-state index in [1.165, 1.54) is 0 Å². The molecule has 5 heteroatoms. The van der Waals surface area contributed by atoms with Crippen LogP contribution in [0.25, 0.3) is 0 Å². The van der Waals surface area contributed by atoms with Crippen LogP contribution in [0.5, 0.6) is 0 Å². The second-order valence-corrected chi connectivity index (χ2v) is 4.55. The monoisotopic (exact) mass is 236 g/mol. The maximum atomic E-state index is 12.2. The van der Waals surface area contributed by atoms with E-state index in [9.17, 15) is 4.79 Å². The molecule has 1 N–H and O–H groups in total. The minimum absolute atomic E-state index is 0.0310. The van der Waals surface area contributed by atoms with Crippen molar-refractivity contribution in [1.29, 1.82) is 0 Å². The van der Waals surface area contributed by atoms with Gasteiger partial charge in [-0.2, -0.15) is 0 Å². The summed E-state index contributed by atoms with van der Waals surface area (Å²) in [7, 11) is 0. The molecule has 0 saturated carbocycles. The standard InChI is InChI=1S/C12H20N4O/c1-3-6-15-7-5-14-11(12(15)17)16-8-4-13-10(2)9-16/h5,7,10,13H,3-4,6,8-9H2,1-2H3/t10-/m0/s1. The Hall–Kier alpha value is -1.36. The molecule has 0 spiro atoms. The van der Waals surface area contributed by atoms with Crippen LogP contribution in [0.4, 0.5) is 5.82 Å². The summed E-state index contributed by atoms with van der Waals surface area (Å²) < 4.78 is 1.75. The molecule has 94 valence electrons. The number of aryl methyl sites for hydroxylation is 1. The molecule has 1 aromatic heterocycles. The first-order valence-corrected chi connectivity index (χ1v) is 6.26. The first-order chi connectivity index (χ1) is 8.22. The maximum Gasteiger partial charge on any atom is 0.293 e. The number of hydrogen-bond donors (Lipinski definition) is 1. The SMILES string of the molecule is CCCn1ccnc(N2CCN[C@@H](C)C2)c1=O. The van der Waals surface area contributed by atoms with Gasteiger partial charge in [-0.15, -0.1) is 0 Å². The van der Waals surface area contributed by atoms with Crippen LogP contribution in [0.2, 0.25) is 0 Å². The van der Waals surface area contributed by atoms with Crippen LogP contribution >= 0.6 is 0 Å².